The summed E-state index contributed by atoms with van der Waals surface area (Å²) < 4.78 is -0.538. The molecule has 1 atom stereocenters. The smallest absolute Gasteiger partial charge is 0.162 e. The van der Waals surface area contributed by atoms with Crippen molar-refractivity contribution in [2.75, 3.05) is 5.32 Å². The van der Waals surface area contributed by atoms with Gasteiger partial charge < -0.3 is 5.32 Å². The highest BCUT2D eigenvalue weighted by Crippen LogP contribution is 2.48. The van der Waals surface area contributed by atoms with Crippen molar-refractivity contribution in [1.82, 2.24) is 9.97 Å². The van der Waals surface area contributed by atoms with Gasteiger partial charge in [-0.2, -0.15) is 0 Å². The van der Waals surface area contributed by atoms with E-state index in [4.69, 9.17) is 0 Å². The molecule has 0 amide bonds. The summed E-state index contributed by atoms with van der Waals surface area (Å²) in [7, 11) is 0. The Labute approximate surface area is 141 Å². The molecule has 2 aromatic rings. The van der Waals surface area contributed by atoms with Crippen LogP contribution in [0.1, 0.15) is 11.7 Å². The molecule has 4 nitrogen and oxygen atoms in total. The molecule has 0 saturated carbocycles. The fourth-order valence-electron chi connectivity index (χ4n) is 1.94. The fraction of sp³-hybridized carbons (Fsp3) is 0.154. The van der Waals surface area contributed by atoms with E-state index in [0.29, 0.717) is 5.82 Å². The second-order valence-corrected chi connectivity index (χ2v) is 11.2. The zero-order valence-electron chi connectivity index (χ0n) is 10.1. The Bertz CT molecular complexity index is 652. The maximum Gasteiger partial charge on any atom is 0.162 e. The number of fused-ring (bicyclic) bond motifs is 1. The summed E-state index contributed by atoms with van der Waals surface area (Å²) in [5.74, 6) is 0.717. The van der Waals surface area contributed by atoms with Gasteiger partial charge >= 0.3 is 0 Å². The van der Waals surface area contributed by atoms with Crippen molar-refractivity contribution in [3.63, 3.8) is 0 Å². The van der Waals surface area contributed by atoms with Gasteiger partial charge in [-0.3, -0.25) is 9.98 Å². The van der Waals surface area contributed by atoms with Crippen LogP contribution >= 0.6 is 47.8 Å². The van der Waals surface area contributed by atoms with Crippen molar-refractivity contribution in [2.45, 2.75) is 8.18 Å². The number of benzene rings is 1. The number of nitrogens with one attached hydrogen (secondary N) is 1. The van der Waals surface area contributed by atoms with Crippen molar-refractivity contribution in [2.24, 2.45) is 4.99 Å². The van der Waals surface area contributed by atoms with E-state index < -0.39 is 2.14 Å². The molecule has 1 aromatic carbocycles. The molecular weight excluding hydrogens is 452 g/mol. The van der Waals surface area contributed by atoms with Gasteiger partial charge in [-0.1, -0.05) is 78.1 Å². The van der Waals surface area contributed by atoms with Gasteiger partial charge in [-0.05, 0) is 0 Å². The summed E-state index contributed by atoms with van der Waals surface area (Å²) in [5.41, 5.74) is 2.64. The van der Waals surface area contributed by atoms with Crippen LogP contribution in [0.4, 0.5) is 5.82 Å². The first-order chi connectivity index (χ1) is 9.55. The first kappa shape index (κ1) is 14.2. The number of aromatic nitrogens is 2. The summed E-state index contributed by atoms with van der Waals surface area (Å²) in [6.07, 6.45) is 3.40. The van der Waals surface area contributed by atoms with E-state index >= 15 is 0 Å². The van der Waals surface area contributed by atoms with Crippen LogP contribution in [0.3, 0.4) is 0 Å². The number of aliphatic imine (C=N–C) groups is 1. The van der Waals surface area contributed by atoms with Crippen LogP contribution in [0.5, 0.6) is 0 Å². The lowest BCUT2D eigenvalue weighted by Gasteiger charge is -2.25. The SMILES string of the molecule is BrC(Br)(Br)C1N=CNc2nc(-c3ccccc3)cnc21. The number of rotatable bonds is 1. The van der Waals surface area contributed by atoms with E-state index in [0.717, 1.165) is 17.0 Å². The average Bonchev–Trinajstić information content (AvgIpc) is 2.46. The molecule has 3 rings (SSSR count). The summed E-state index contributed by atoms with van der Waals surface area (Å²) in [6, 6.07) is 9.74. The highest BCUT2D eigenvalue weighted by Gasteiger charge is 2.36. The third-order valence-corrected chi connectivity index (χ3v) is 4.17. The molecular formula is C13H9Br3N4. The summed E-state index contributed by atoms with van der Waals surface area (Å²) >= 11 is 10.5. The van der Waals surface area contributed by atoms with Crippen LogP contribution in [-0.2, 0) is 0 Å². The second-order valence-electron chi connectivity index (χ2n) is 4.22. The Hall–Kier alpha value is -0.790. The largest absolute Gasteiger partial charge is 0.330 e. The highest BCUT2D eigenvalue weighted by molar-refractivity contribution is 9.39. The Kier molecular flexibility index (Phi) is 3.92. The minimum absolute atomic E-state index is 0.212. The molecule has 0 radical (unpaired) electrons. The molecule has 0 saturated heterocycles. The predicted molar refractivity (Wildman–Crippen MR) is 91.8 cm³/mol. The Balaban J connectivity index is 2.04. The zero-order valence-corrected chi connectivity index (χ0v) is 14.9. The van der Waals surface area contributed by atoms with Crippen molar-refractivity contribution in [1.29, 1.82) is 0 Å². The van der Waals surface area contributed by atoms with Crippen molar-refractivity contribution in [3.05, 3.63) is 42.2 Å². The minimum Gasteiger partial charge on any atom is -0.330 e. The van der Waals surface area contributed by atoms with Gasteiger partial charge in [0.05, 0.1) is 18.2 Å². The molecule has 1 aliphatic heterocycles. The monoisotopic (exact) mass is 458 g/mol. The Morgan fingerprint density at radius 2 is 1.85 bits per heavy atom. The van der Waals surface area contributed by atoms with Gasteiger partial charge in [0.1, 0.15) is 11.7 Å². The number of anilines is 1. The maximum absolute atomic E-state index is 4.62. The topological polar surface area (TPSA) is 50.2 Å². The first-order valence-electron chi connectivity index (χ1n) is 5.83. The van der Waals surface area contributed by atoms with Gasteiger partial charge in [0.25, 0.3) is 0 Å². The molecule has 20 heavy (non-hydrogen) atoms. The van der Waals surface area contributed by atoms with E-state index in [1.165, 1.54) is 0 Å². The number of alkyl halides is 3. The molecule has 1 aromatic heterocycles. The minimum atomic E-state index is -0.538. The third kappa shape index (κ3) is 2.80. The van der Waals surface area contributed by atoms with Crippen LogP contribution in [-0.4, -0.2) is 18.4 Å². The molecule has 7 heteroatoms. The molecule has 0 bridgehead atoms. The van der Waals surface area contributed by atoms with Crippen LogP contribution in [0, 0.1) is 0 Å². The van der Waals surface area contributed by atoms with Crippen LogP contribution in [0.15, 0.2) is 41.5 Å². The van der Waals surface area contributed by atoms with Gasteiger partial charge in [0, 0.05) is 5.56 Å². The van der Waals surface area contributed by atoms with E-state index in [1.54, 1.807) is 12.5 Å². The standard InChI is InChI=1S/C13H9Br3N4/c14-13(15,16)11-10-12(19-7-18-11)20-9(6-17-10)8-4-2-1-3-5-8/h1-7,11H,(H,18,19,20). The van der Waals surface area contributed by atoms with E-state index in [2.05, 4.69) is 68.1 Å². The normalized spacial score (nSPS) is 17.4. The lowest BCUT2D eigenvalue weighted by Crippen LogP contribution is -2.22. The lowest BCUT2D eigenvalue weighted by molar-refractivity contribution is 0.753. The highest BCUT2D eigenvalue weighted by atomic mass is 80.0. The maximum atomic E-state index is 4.62. The van der Waals surface area contributed by atoms with E-state index in [-0.39, 0.29) is 6.04 Å². The zero-order chi connectivity index (χ0) is 14.2. The molecule has 1 unspecified atom stereocenters. The molecule has 102 valence electrons. The predicted octanol–water partition coefficient (Wildman–Crippen LogP) is 4.48. The Morgan fingerprint density at radius 3 is 2.55 bits per heavy atom. The molecule has 0 fully saturated rings. The van der Waals surface area contributed by atoms with Gasteiger partial charge in [0.2, 0.25) is 0 Å². The summed E-state index contributed by atoms with van der Waals surface area (Å²) in [5, 5.41) is 3.05. The van der Waals surface area contributed by atoms with Crippen molar-refractivity contribution >= 4 is 59.9 Å². The lowest BCUT2D eigenvalue weighted by atomic mass is 10.1. The first-order valence-corrected chi connectivity index (χ1v) is 8.21. The third-order valence-electron chi connectivity index (χ3n) is 2.86. The quantitative estimate of drug-likeness (QED) is 0.638. The molecule has 0 aliphatic carbocycles. The van der Waals surface area contributed by atoms with Gasteiger partial charge in [0.15, 0.2) is 7.96 Å². The van der Waals surface area contributed by atoms with Gasteiger partial charge in [-0.15, -0.1) is 0 Å². The molecule has 0 spiro atoms. The van der Waals surface area contributed by atoms with Crippen LogP contribution in [0.25, 0.3) is 11.3 Å². The molecule has 2 heterocycles. The van der Waals surface area contributed by atoms with Crippen molar-refractivity contribution in [3.8, 4) is 11.3 Å². The van der Waals surface area contributed by atoms with Crippen molar-refractivity contribution < 1.29 is 0 Å². The van der Waals surface area contributed by atoms with Crippen LogP contribution in [0.2, 0.25) is 0 Å². The van der Waals surface area contributed by atoms with E-state index in [1.807, 2.05) is 30.3 Å². The fourth-order valence-corrected chi connectivity index (χ4v) is 2.94. The summed E-state index contributed by atoms with van der Waals surface area (Å²) in [6.45, 7) is 0. The average molecular weight is 461 g/mol. The van der Waals surface area contributed by atoms with Crippen LogP contribution < -0.4 is 5.32 Å². The summed E-state index contributed by atoms with van der Waals surface area (Å²) in [4.78, 5) is 13.5. The Morgan fingerprint density at radius 1 is 1.10 bits per heavy atom. The number of hydrogen-bond acceptors (Lipinski definition) is 4. The van der Waals surface area contributed by atoms with E-state index in [9.17, 15) is 0 Å². The number of nitrogens with zero attached hydrogens (tertiary/aromatic N) is 3. The molecule has 1 aliphatic rings. The molecule has 1 N–H and O–H groups in total. The number of halogens is 3. The second kappa shape index (κ2) is 5.54. The van der Waals surface area contributed by atoms with Gasteiger partial charge in [-0.25, -0.2) is 4.98 Å². The number of hydrogen-bond donors (Lipinski definition) is 1.